The van der Waals surface area contributed by atoms with Crippen LogP contribution in [0.4, 0.5) is 10.1 Å². The van der Waals surface area contributed by atoms with Gasteiger partial charge < -0.3 is 10.6 Å². The lowest BCUT2D eigenvalue weighted by Gasteiger charge is -2.28. The Labute approximate surface area is 173 Å². The molecule has 1 aliphatic carbocycles. The zero-order valence-corrected chi connectivity index (χ0v) is 17.1. The van der Waals surface area contributed by atoms with Crippen LogP contribution in [0.1, 0.15) is 37.7 Å². The van der Waals surface area contributed by atoms with E-state index < -0.39 is 23.2 Å². The van der Waals surface area contributed by atoms with Crippen LogP contribution in [-0.4, -0.2) is 46.7 Å². The molecule has 4 atom stereocenters. The maximum Gasteiger partial charge on any atom is 0.291 e. The van der Waals surface area contributed by atoms with Crippen LogP contribution in [0.15, 0.2) is 18.2 Å². The molecule has 5 rings (SSSR count). The van der Waals surface area contributed by atoms with Crippen LogP contribution in [0.2, 0.25) is 0 Å². The van der Waals surface area contributed by atoms with Crippen molar-refractivity contribution < 1.29 is 24.1 Å². The monoisotopic (exact) mass is 418 g/mol. The van der Waals surface area contributed by atoms with Crippen molar-refractivity contribution in [1.82, 2.24) is 4.90 Å². The average molecular weight is 419 g/mol. The number of hydrogen-bond donors (Lipinski definition) is 2. The molecular weight excluding hydrogens is 393 g/mol. The molecule has 4 aliphatic rings. The molecule has 1 aromatic rings. The minimum atomic E-state index is -1.26. The molecule has 154 valence electrons. The number of carbonyl (C=O) groups excluding carboxylic acids is 3. The van der Waals surface area contributed by atoms with Crippen LogP contribution in [0.5, 0.6) is 0 Å². The van der Waals surface area contributed by atoms with Gasteiger partial charge in [-0.3, -0.25) is 19.3 Å². The molecule has 3 heterocycles. The van der Waals surface area contributed by atoms with Gasteiger partial charge in [-0.2, -0.15) is 11.8 Å². The van der Waals surface area contributed by atoms with Crippen molar-refractivity contribution >= 4 is 35.2 Å². The third-order valence-electron chi connectivity index (χ3n) is 7.21. The Hall–Kier alpha value is -1.93. The van der Waals surface area contributed by atoms with Gasteiger partial charge in [0.15, 0.2) is 0 Å². The fourth-order valence-corrected chi connectivity index (χ4v) is 6.51. The SMILES string of the molecule is CSCC[C@@H]1[NH2+][C@@]2(C(=O)Nc3ccc(F)cc32)[C@@H]2C(=O)N(C3CCCC3)C(=O)[C@H]12. The Balaban J connectivity index is 1.63. The highest BCUT2D eigenvalue weighted by atomic mass is 32.2. The van der Waals surface area contributed by atoms with E-state index in [1.165, 1.54) is 17.0 Å². The number of nitrogens with zero attached hydrogens (tertiary/aromatic N) is 1. The topological polar surface area (TPSA) is 83.1 Å². The van der Waals surface area contributed by atoms with Crippen molar-refractivity contribution in [1.29, 1.82) is 0 Å². The Morgan fingerprint density at radius 2 is 2.00 bits per heavy atom. The standard InChI is InChI=1S/C21H24FN3O3S/c1-29-9-8-15-16-17(19(27)25(18(16)26)12-4-2-3-5-12)21(24-15)13-10-11(22)6-7-14(13)23-20(21)28/h6-7,10,12,15-17,24H,2-5,8-9H2,1H3,(H,23,28)/p+1/t15-,16+,17-,21+/m0/s1. The fraction of sp³-hybridized carbons (Fsp3) is 0.571. The van der Waals surface area contributed by atoms with Gasteiger partial charge >= 0.3 is 0 Å². The van der Waals surface area contributed by atoms with Gasteiger partial charge in [0.05, 0.1) is 5.69 Å². The first kappa shape index (κ1) is 19.1. The summed E-state index contributed by atoms with van der Waals surface area (Å²) >= 11 is 1.68. The smallest absolute Gasteiger partial charge is 0.291 e. The minimum absolute atomic E-state index is 0.0599. The number of quaternary nitrogens is 1. The summed E-state index contributed by atoms with van der Waals surface area (Å²) in [7, 11) is 0. The van der Waals surface area contributed by atoms with E-state index in [0.29, 0.717) is 11.3 Å². The average Bonchev–Trinajstić information content (AvgIpc) is 3.43. The molecule has 0 radical (unpaired) electrons. The van der Waals surface area contributed by atoms with Crippen molar-refractivity contribution in [3.8, 4) is 0 Å². The molecule has 1 saturated carbocycles. The quantitative estimate of drug-likeness (QED) is 0.721. The lowest BCUT2D eigenvalue weighted by atomic mass is 9.76. The van der Waals surface area contributed by atoms with E-state index in [1.54, 1.807) is 17.8 Å². The zero-order valence-electron chi connectivity index (χ0n) is 16.3. The summed E-state index contributed by atoms with van der Waals surface area (Å²) in [5.41, 5.74) is -0.222. The summed E-state index contributed by atoms with van der Waals surface area (Å²) in [6, 6.07) is 3.98. The van der Waals surface area contributed by atoms with Crippen LogP contribution in [-0.2, 0) is 19.9 Å². The number of anilines is 1. The van der Waals surface area contributed by atoms with E-state index in [9.17, 15) is 18.8 Å². The lowest BCUT2D eigenvalue weighted by molar-refractivity contribution is -0.733. The van der Waals surface area contributed by atoms with Crippen LogP contribution in [0, 0.1) is 17.7 Å². The summed E-state index contributed by atoms with van der Waals surface area (Å²) in [6.45, 7) is 0. The first-order valence-electron chi connectivity index (χ1n) is 10.3. The number of likely N-dealkylation sites (tertiary alicyclic amines) is 1. The maximum atomic E-state index is 14.1. The summed E-state index contributed by atoms with van der Waals surface area (Å²) in [6.07, 6.45) is 6.42. The van der Waals surface area contributed by atoms with Gasteiger partial charge in [0.2, 0.25) is 17.4 Å². The molecule has 1 spiro atoms. The summed E-state index contributed by atoms with van der Waals surface area (Å²) in [5, 5.41) is 4.73. The van der Waals surface area contributed by atoms with Crippen molar-refractivity contribution in [3.05, 3.63) is 29.6 Å². The van der Waals surface area contributed by atoms with Crippen LogP contribution in [0.3, 0.4) is 0 Å². The molecule has 3 N–H and O–H groups in total. The van der Waals surface area contributed by atoms with Gasteiger partial charge in [-0.25, -0.2) is 4.39 Å². The largest absolute Gasteiger partial charge is 0.326 e. The van der Waals surface area contributed by atoms with Crippen LogP contribution in [0.25, 0.3) is 0 Å². The Kier molecular flexibility index (Phi) is 4.47. The first-order chi connectivity index (χ1) is 14.0. The molecule has 6 nitrogen and oxygen atoms in total. The number of rotatable bonds is 4. The normalized spacial score (nSPS) is 33.7. The van der Waals surface area contributed by atoms with Gasteiger partial charge in [-0.05, 0) is 43.0 Å². The van der Waals surface area contributed by atoms with Crippen molar-refractivity contribution in [3.63, 3.8) is 0 Å². The molecule has 3 fully saturated rings. The summed E-state index contributed by atoms with van der Waals surface area (Å²) in [5.74, 6) is -1.61. The number of thioether (sulfide) groups is 1. The fourth-order valence-electron chi connectivity index (χ4n) is 6.00. The number of fused-ring (bicyclic) bond motifs is 4. The maximum absolute atomic E-state index is 14.1. The zero-order chi connectivity index (χ0) is 20.3. The number of halogens is 1. The first-order valence-corrected chi connectivity index (χ1v) is 11.7. The predicted molar refractivity (Wildman–Crippen MR) is 107 cm³/mol. The highest BCUT2D eigenvalue weighted by Gasteiger charge is 2.74. The number of benzene rings is 1. The molecule has 0 unspecified atom stereocenters. The van der Waals surface area contributed by atoms with Crippen LogP contribution < -0.4 is 10.6 Å². The highest BCUT2D eigenvalue weighted by molar-refractivity contribution is 7.98. The van der Waals surface area contributed by atoms with E-state index in [0.717, 1.165) is 37.9 Å². The number of amides is 3. The number of nitrogens with two attached hydrogens (primary N) is 1. The van der Waals surface area contributed by atoms with E-state index in [1.807, 2.05) is 11.6 Å². The molecule has 29 heavy (non-hydrogen) atoms. The minimum Gasteiger partial charge on any atom is -0.326 e. The third-order valence-corrected chi connectivity index (χ3v) is 7.85. The third kappa shape index (κ3) is 2.54. The van der Waals surface area contributed by atoms with E-state index in [-0.39, 0.29) is 29.8 Å². The molecule has 0 bridgehead atoms. The Bertz CT molecular complexity index is 903. The van der Waals surface area contributed by atoms with E-state index in [4.69, 9.17) is 0 Å². The van der Waals surface area contributed by atoms with Crippen molar-refractivity contribution in [2.45, 2.75) is 49.7 Å². The Morgan fingerprint density at radius 1 is 1.24 bits per heavy atom. The molecular formula is C21H25FN3O3S+. The molecule has 3 aliphatic heterocycles. The lowest BCUT2D eigenvalue weighted by Crippen LogP contribution is -2.99. The highest BCUT2D eigenvalue weighted by Crippen LogP contribution is 2.50. The molecule has 2 saturated heterocycles. The Morgan fingerprint density at radius 3 is 2.72 bits per heavy atom. The van der Waals surface area contributed by atoms with Gasteiger partial charge in [0, 0.05) is 18.0 Å². The van der Waals surface area contributed by atoms with E-state index >= 15 is 0 Å². The number of imide groups is 1. The van der Waals surface area contributed by atoms with E-state index in [2.05, 4.69) is 5.32 Å². The van der Waals surface area contributed by atoms with Crippen LogP contribution >= 0.6 is 11.8 Å². The number of carbonyl (C=O) groups is 3. The van der Waals surface area contributed by atoms with Gasteiger partial charge in [-0.15, -0.1) is 0 Å². The van der Waals surface area contributed by atoms with Gasteiger partial charge in [0.25, 0.3) is 5.91 Å². The second-order valence-corrected chi connectivity index (χ2v) is 9.60. The second-order valence-electron chi connectivity index (χ2n) is 8.61. The molecule has 0 aromatic heterocycles. The predicted octanol–water partition coefficient (Wildman–Crippen LogP) is 1.22. The molecule has 3 amide bonds. The van der Waals surface area contributed by atoms with Gasteiger partial charge in [-0.1, -0.05) is 12.8 Å². The van der Waals surface area contributed by atoms with Crippen molar-refractivity contribution in [2.24, 2.45) is 11.8 Å². The molecule has 1 aromatic carbocycles. The molecule has 8 heteroatoms. The second kappa shape index (κ2) is 6.80. The summed E-state index contributed by atoms with van der Waals surface area (Å²) in [4.78, 5) is 41.8. The number of hydrogen-bond acceptors (Lipinski definition) is 4. The summed E-state index contributed by atoms with van der Waals surface area (Å²) < 4.78 is 14.1. The van der Waals surface area contributed by atoms with Crippen molar-refractivity contribution in [2.75, 3.05) is 17.3 Å². The van der Waals surface area contributed by atoms with Gasteiger partial charge in [0.1, 0.15) is 23.7 Å². The number of nitrogens with one attached hydrogen (secondary N) is 1.